The molecule has 2 nitrogen and oxygen atoms in total. The Morgan fingerprint density at radius 3 is 1.50 bits per heavy atom. The number of nitrogens with zero attached hydrogens (tertiary/aromatic N) is 2. The highest BCUT2D eigenvalue weighted by atomic mass is 15.2. The van der Waals surface area contributed by atoms with Crippen molar-refractivity contribution in [2.75, 3.05) is 9.80 Å². The summed E-state index contributed by atoms with van der Waals surface area (Å²) in [6.07, 6.45) is 25.1. The molecule has 0 saturated carbocycles. The van der Waals surface area contributed by atoms with E-state index in [1.54, 1.807) is 22.3 Å². The van der Waals surface area contributed by atoms with Crippen LogP contribution in [-0.4, -0.2) is 6.71 Å². The third-order valence-electron chi connectivity index (χ3n) is 12.8. The van der Waals surface area contributed by atoms with Gasteiger partial charge in [0.2, 0.25) is 0 Å². The van der Waals surface area contributed by atoms with E-state index in [2.05, 4.69) is 113 Å². The van der Waals surface area contributed by atoms with Gasteiger partial charge in [-0.25, -0.2) is 0 Å². The van der Waals surface area contributed by atoms with Gasteiger partial charge >= 0.3 is 0 Å². The van der Waals surface area contributed by atoms with Crippen LogP contribution in [-0.2, 0) is 25.7 Å². The zero-order valence-corrected chi connectivity index (χ0v) is 31.2. The molecule has 9 rings (SSSR count). The molecule has 0 amide bonds. The molecule has 264 valence electrons. The van der Waals surface area contributed by atoms with Gasteiger partial charge in [0.05, 0.1) is 0 Å². The zero-order chi connectivity index (χ0) is 34.7. The second-order valence-corrected chi connectivity index (χ2v) is 16.1. The number of rotatable bonds is 2. The van der Waals surface area contributed by atoms with Crippen molar-refractivity contribution in [2.45, 2.75) is 122 Å². The number of aryl methyl sites for hydroxylation is 3. The molecule has 5 aromatic carbocycles. The van der Waals surface area contributed by atoms with Crippen LogP contribution in [0.2, 0.25) is 0 Å². The first-order valence-electron chi connectivity index (χ1n) is 21.0. The number of hydrogen-bond acceptors (Lipinski definition) is 2. The van der Waals surface area contributed by atoms with Gasteiger partial charge in [-0.3, -0.25) is 0 Å². The molecule has 2 heterocycles. The molecule has 0 N–H and O–H groups in total. The molecule has 0 unspecified atom stereocenters. The van der Waals surface area contributed by atoms with Crippen molar-refractivity contribution in [3.63, 3.8) is 0 Å². The molecule has 0 spiro atoms. The first kappa shape index (κ1) is 33.6. The van der Waals surface area contributed by atoms with Crippen LogP contribution < -0.4 is 26.2 Å². The maximum Gasteiger partial charge on any atom is 0.252 e. The van der Waals surface area contributed by atoms with Crippen molar-refractivity contribution >= 4 is 57.2 Å². The van der Waals surface area contributed by atoms with Crippen LogP contribution in [0, 0.1) is 0 Å². The number of para-hydroxylation sites is 2. The van der Waals surface area contributed by atoms with Crippen LogP contribution in [0.1, 0.15) is 119 Å². The van der Waals surface area contributed by atoms with Gasteiger partial charge in [-0.05, 0) is 132 Å². The molecule has 0 saturated heterocycles. The quantitative estimate of drug-likeness (QED) is 0.168. The van der Waals surface area contributed by atoms with Crippen molar-refractivity contribution in [1.82, 2.24) is 0 Å². The van der Waals surface area contributed by atoms with Crippen LogP contribution in [0.25, 0.3) is 0 Å². The Labute approximate surface area is 313 Å². The van der Waals surface area contributed by atoms with Crippen LogP contribution in [0.5, 0.6) is 0 Å². The first-order valence-corrected chi connectivity index (χ1v) is 21.0. The molecule has 2 aliphatic carbocycles. The topological polar surface area (TPSA) is 6.48 Å². The average molecular weight is 683 g/mol. The summed E-state index contributed by atoms with van der Waals surface area (Å²) in [5, 5.41) is 0. The minimum Gasteiger partial charge on any atom is -0.311 e. The summed E-state index contributed by atoms with van der Waals surface area (Å²) >= 11 is 0. The van der Waals surface area contributed by atoms with E-state index in [0.29, 0.717) is 0 Å². The molecule has 0 radical (unpaired) electrons. The molecule has 0 atom stereocenters. The lowest BCUT2D eigenvalue weighted by atomic mass is 9.33. The highest BCUT2D eigenvalue weighted by Gasteiger charge is 2.43. The van der Waals surface area contributed by atoms with Gasteiger partial charge in [0.15, 0.2) is 0 Å². The third kappa shape index (κ3) is 6.39. The number of fused-ring (bicyclic) bond motifs is 6. The lowest BCUT2D eigenvalue weighted by Gasteiger charge is -2.44. The van der Waals surface area contributed by atoms with Crippen molar-refractivity contribution in [3.05, 3.63) is 125 Å². The van der Waals surface area contributed by atoms with E-state index in [-0.39, 0.29) is 6.71 Å². The summed E-state index contributed by atoms with van der Waals surface area (Å²) in [6, 6.07) is 40.4. The summed E-state index contributed by atoms with van der Waals surface area (Å²) in [5.41, 5.74) is 18.6. The molecular weight excluding hydrogens is 627 g/mol. The van der Waals surface area contributed by atoms with E-state index in [9.17, 15) is 0 Å². The van der Waals surface area contributed by atoms with Gasteiger partial charge in [0, 0.05) is 34.1 Å². The monoisotopic (exact) mass is 682 g/mol. The Morgan fingerprint density at radius 2 is 0.827 bits per heavy atom. The van der Waals surface area contributed by atoms with Crippen LogP contribution >= 0.6 is 0 Å². The van der Waals surface area contributed by atoms with Gasteiger partial charge in [-0.1, -0.05) is 131 Å². The predicted octanol–water partition coefficient (Wildman–Crippen LogP) is 11.8. The Kier molecular flexibility index (Phi) is 9.94. The summed E-state index contributed by atoms with van der Waals surface area (Å²) in [5.74, 6) is 0. The molecule has 0 bridgehead atoms. The number of anilines is 6. The Morgan fingerprint density at radius 1 is 0.346 bits per heavy atom. The second-order valence-electron chi connectivity index (χ2n) is 16.1. The largest absolute Gasteiger partial charge is 0.311 e. The minimum absolute atomic E-state index is 0.191. The lowest BCUT2D eigenvalue weighted by molar-refractivity contribution is 0.560. The zero-order valence-electron chi connectivity index (χ0n) is 31.2. The number of hydrogen-bond donors (Lipinski definition) is 0. The Hall–Kier alpha value is -4.24. The SMILES string of the molecule is c1ccc2c(c1)B1c3ccccc3N(c3cccc4c3CCCCCCCCC4)c3cccc(c31)N2c1ccc2c(c1)CCCCCCCCCC2. The van der Waals surface area contributed by atoms with Gasteiger partial charge in [-0.2, -0.15) is 0 Å². The fraction of sp³-hybridized carbons (Fsp3) is 0.388. The summed E-state index contributed by atoms with van der Waals surface area (Å²) in [6.45, 7) is 0.191. The van der Waals surface area contributed by atoms with Gasteiger partial charge < -0.3 is 9.80 Å². The fourth-order valence-electron chi connectivity index (χ4n) is 10.1. The van der Waals surface area contributed by atoms with E-state index >= 15 is 0 Å². The summed E-state index contributed by atoms with van der Waals surface area (Å²) < 4.78 is 0. The third-order valence-corrected chi connectivity index (χ3v) is 12.8. The first-order chi connectivity index (χ1) is 25.9. The maximum absolute atomic E-state index is 2.66. The Balaban J connectivity index is 1.20. The molecule has 52 heavy (non-hydrogen) atoms. The predicted molar refractivity (Wildman–Crippen MR) is 225 cm³/mol. The van der Waals surface area contributed by atoms with Crippen LogP contribution in [0.3, 0.4) is 0 Å². The van der Waals surface area contributed by atoms with Gasteiger partial charge in [0.1, 0.15) is 0 Å². The van der Waals surface area contributed by atoms with Crippen molar-refractivity contribution in [3.8, 4) is 0 Å². The highest BCUT2D eigenvalue weighted by molar-refractivity contribution is 7.00. The lowest BCUT2D eigenvalue weighted by Crippen LogP contribution is -2.61. The smallest absolute Gasteiger partial charge is 0.252 e. The molecule has 3 heteroatoms. The molecule has 4 aliphatic rings. The second kappa shape index (κ2) is 15.4. The molecular formula is C49H55BN2. The van der Waals surface area contributed by atoms with E-state index < -0.39 is 0 Å². The summed E-state index contributed by atoms with van der Waals surface area (Å²) in [7, 11) is 0. The van der Waals surface area contributed by atoms with E-state index in [4.69, 9.17) is 0 Å². The van der Waals surface area contributed by atoms with Crippen LogP contribution in [0.4, 0.5) is 34.1 Å². The fourth-order valence-corrected chi connectivity index (χ4v) is 10.1. The average Bonchev–Trinajstić information content (AvgIpc) is 3.23. The Bertz CT molecular complexity index is 2030. The molecule has 2 aliphatic heterocycles. The van der Waals surface area contributed by atoms with Gasteiger partial charge in [0.25, 0.3) is 6.71 Å². The molecule has 5 aromatic rings. The summed E-state index contributed by atoms with van der Waals surface area (Å²) in [4.78, 5) is 5.27. The van der Waals surface area contributed by atoms with E-state index in [1.807, 2.05) is 0 Å². The van der Waals surface area contributed by atoms with Crippen molar-refractivity contribution < 1.29 is 0 Å². The van der Waals surface area contributed by atoms with Gasteiger partial charge in [-0.15, -0.1) is 0 Å². The van der Waals surface area contributed by atoms with Crippen molar-refractivity contribution in [2.24, 2.45) is 0 Å². The maximum atomic E-state index is 2.66. The highest BCUT2D eigenvalue weighted by Crippen LogP contribution is 2.45. The standard InChI is InChI=1S/C49H55BN2/c1-2-5-10-14-24-39-36-40(35-34-37(39)22-12-8-4-1)51-45-29-18-16-27-42(45)50-43-28-17-19-30-46(43)52(48-33-21-32-47(51)49(48)50)44-31-20-25-38-23-13-9-6-3-7-11-15-26-41(38)44/h16-21,25,27-36H,1-15,22-24,26H2. The van der Waals surface area contributed by atoms with Crippen LogP contribution in [0.15, 0.2) is 103 Å². The normalized spacial score (nSPS) is 18.0. The van der Waals surface area contributed by atoms with E-state index in [0.717, 1.165) is 6.42 Å². The van der Waals surface area contributed by atoms with E-state index in [1.165, 1.54) is 166 Å². The molecule has 0 aromatic heterocycles. The number of benzene rings is 5. The molecule has 0 fully saturated rings. The minimum atomic E-state index is 0.191. The van der Waals surface area contributed by atoms with Crippen molar-refractivity contribution in [1.29, 1.82) is 0 Å².